The highest BCUT2D eigenvalue weighted by Crippen LogP contribution is 2.18. The number of ether oxygens (including phenoxy) is 1. The van der Waals surface area contributed by atoms with Crippen molar-refractivity contribution in [3.63, 3.8) is 0 Å². The molecule has 3 aromatic carbocycles. The molecule has 3 aromatic rings. The first-order chi connectivity index (χ1) is 15.1. The smallest absolute Gasteiger partial charge is 0.338 e. The van der Waals surface area contributed by atoms with Gasteiger partial charge in [0.05, 0.1) is 16.1 Å². The van der Waals surface area contributed by atoms with Crippen molar-refractivity contribution in [2.45, 2.75) is 11.8 Å². The first-order valence-electron chi connectivity index (χ1n) is 9.25. The Morgan fingerprint density at radius 1 is 0.938 bits per heavy atom. The van der Waals surface area contributed by atoms with Gasteiger partial charge in [-0.05, 0) is 55.5 Å². The molecule has 0 aromatic heterocycles. The molecule has 1 amide bonds. The second-order valence-electron chi connectivity index (χ2n) is 6.74. The van der Waals surface area contributed by atoms with Crippen LogP contribution in [0.15, 0.2) is 71.6 Å². The molecule has 10 heteroatoms. The van der Waals surface area contributed by atoms with Crippen LogP contribution >= 0.6 is 0 Å². The highest BCUT2D eigenvalue weighted by atomic mass is 32.2. The van der Waals surface area contributed by atoms with Gasteiger partial charge >= 0.3 is 5.97 Å². The minimum absolute atomic E-state index is 0.0139. The molecule has 0 aliphatic carbocycles. The Hall–Kier alpha value is -3.79. The van der Waals surface area contributed by atoms with Gasteiger partial charge in [0.15, 0.2) is 6.61 Å². The lowest BCUT2D eigenvalue weighted by atomic mass is 10.2. The molecule has 0 saturated heterocycles. The molecular weight excluding hydrogens is 442 g/mol. The number of carbonyl (C=O) groups is 2. The fraction of sp³-hybridized carbons (Fsp3) is 0.0909. The molecule has 0 spiro atoms. The SMILES string of the molecule is Cc1ccc(NS(=O)(=O)c2ccc(C(=O)OCC(=O)Nc3ccc(F)cc3F)cc2)cc1. The number of aryl methyl sites for hydroxylation is 1. The van der Waals surface area contributed by atoms with Gasteiger partial charge in [-0.3, -0.25) is 9.52 Å². The van der Waals surface area contributed by atoms with Crippen LogP contribution in [0.4, 0.5) is 20.2 Å². The number of nitrogens with one attached hydrogen (secondary N) is 2. The summed E-state index contributed by atoms with van der Waals surface area (Å²) in [5.74, 6) is -3.48. The van der Waals surface area contributed by atoms with E-state index in [1.807, 2.05) is 6.92 Å². The summed E-state index contributed by atoms with van der Waals surface area (Å²) in [5.41, 5.74) is 1.12. The van der Waals surface area contributed by atoms with Crippen molar-refractivity contribution in [2.75, 3.05) is 16.6 Å². The predicted octanol–water partition coefficient (Wildman–Crippen LogP) is 3.87. The van der Waals surface area contributed by atoms with Crippen molar-refractivity contribution in [2.24, 2.45) is 0 Å². The molecule has 32 heavy (non-hydrogen) atoms. The molecule has 0 radical (unpaired) electrons. The van der Waals surface area contributed by atoms with Crippen LogP contribution in [-0.4, -0.2) is 26.9 Å². The highest BCUT2D eigenvalue weighted by molar-refractivity contribution is 7.92. The zero-order valence-electron chi connectivity index (χ0n) is 16.8. The molecule has 0 unspecified atom stereocenters. The van der Waals surface area contributed by atoms with E-state index < -0.39 is 40.1 Å². The van der Waals surface area contributed by atoms with Crippen LogP contribution in [0.5, 0.6) is 0 Å². The summed E-state index contributed by atoms with van der Waals surface area (Å²) in [4.78, 5) is 23.9. The van der Waals surface area contributed by atoms with Crippen molar-refractivity contribution in [1.29, 1.82) is 0 Å². The summed E-state index contributed by atoms with van der Waals surface area (Å²) >= 11 is 0. The standard InChI is InChI=1S/C22H18F2N2O5S/c1-14-2-7-17(8-3-14)26-32(29,30)18-9-4-15(5-10-18)22(28)31-13-21(27)25-20-11-6-16(23)12-19(20)24/h2-12,26H,13H2,1H3,(H,25,27). The van der Waals surface area contributed by atoms with Gasteiger partial charge in [0.2, 0.25) is 0 Å². The molecular formula is C22H18F2N2O5S. The minimum atomic E-state index is -3.86. The highest BCUT2D eigenvalue weighted by Gasteiger charge is 2.17. The Kier molecular flexibility index (Phi) is 6.84. The second kappa shape index (κ2) is 9.56. The Bertz CT molecular complexity index is 1240. The average molecular weight is 460 g/mol. The molecule has 0 aliphatic rings. The van der Waals surface area contributed by atoms with Gasteiger partial charge in [0, 0.05) is 11.8 Å². The molecule has 0 heterocycles. The fourth-order valence-electron chi connectivity index (χ4n) is 2.60. The van der Waals surface area contributed by atoms with E-state index in [-0.39, 0.29) is 16.1 Å². The Morgan fingerprint density at radius 3 is 2.22 bits per heavy atom. The lowest BCUT2D eigenvalue weighted by Gasteiger charge is -2.10. The maximum absolute atomic E-state index is 13.5. The third-order valence-corrected chi connectivity index (χ3v) is 5.64. The third-order valence-electron chi connectivity index (χ3n) is 4.24. The molecule has 0 fully saturated rings. The summed E-state index contributed by atoms with van der Waals surface area (Å²) < 4.78 is 58.7. The zero-order valence-corrected chi connectivity index (χ0v) is 17.6. The average Bonchev–Trinajstić information content (AvgIpc) is 2.75. The number of carbonyl (C=O) groups excluding carboxylic acids is 2. The number of anilines is 2. The number of hydrogen-bond acceptors (Lipinski definition) is 5. The Labute approximate surface area is 183 Å². The van der Waals surface area contributed by atoms with Gasteiger partial charge in [-0.25, -0.2) is 22.0 Å². The van der Waals surface area contributed by atoms with E-state index in [1.165, 1.54) is 24.3 Å². The first kappa shape index (κ1) is 22.9. The van der Waals surface area contributed by atoms with Crippen molar-refractivity contribution in [3.8, 4) is 0 Å². The van der Waals surface area contributed by atoms with Gasteiger partial charge in [0.25, 0.3) is 15.9 Å². The van der Waals surface area contributed by atoms with E-state index in [4.69, 9.17) is 4.74 Å². The van der Waals surface area contributed by atoms with E-state index in [0.717, 1.165) is 17.7 Å². The molecule has 2 N–H and O–H groups in total. The number of sulfonamides is 1. The van der Waals surface area contributed by atoms with Crippen LogP contribution in [0.2, 0.25) is 0 Å². The van der Waals surface area contributed by atoms with Crippen LogP contribution < -0.4 is 10.0 Å². The molecule has 0 atom stereocenters. The normalized spacial score (nSPS) is 11.0. The number of esters is 1. The summed E-state index contributed by atoms with van der Waals surface area (Å²) in [6.07, 6.45) is 0. The summed E-state index contributed by atoms with van der Waals surface area (Å²) in [6, 6.07) is 14.3. The number of hydrogen-bond donors (Lipinski definition) is 2. The Balaban J connectivity index is 1.58. The molecule has 0 bridgehead atoms. The van der Waals surface area contributed by atoms with Crippen LogP contribution in [0.3, 0.4) is 0 Å². The monoisotopic (exact) mass is 460 g/mol. The quantitative estimate of drug-likeness (QED) is 0.522. The summed E-state index contributed by atoms with van der Waals surface area (Å²) in [6.45, 7) is 1.16. The zero-order chi connectivity index (χ0) is 23.3. The van der Waals surface area contributed by atoms with Gasteiger partial charge < -0.3 is 10.1 Å². The Morgan fingerprint density at radius 2 is 1.59 bits per heavy atom. The number of amides is 1. The molecule has 7 nitrogen and oxygen atoms in total. The molecule has 0 aliphatic heterocycles. The van der Waals surface area contributed by atoms with Crippen LogP contribution in [-0.2, 0) is 19.6 Å². The van der Waals surface area contributed by atoms with Crippen molar-refractivity contribution in [3.05, 3.63) is 89.5 Å². The van der Waals surface area contributed by atoms with Gasteiger partial charge in [-0.1, -0.05) is 17.7 Å². The number of benzene rings is 3. The maximum Gasteiger partial charge on any atom is 0.338 e. The van der Waals surface area contributed by atoms with Gasteiger partial charge in [0.1, 0.15) is 11.6 Å². The van der Waals surface area contributed by atoms with Crippen molar-refractivity contribution >= 4 is 33.3 Å². The first-order valence-corrected chi connectivity index (χ1v) is 10.7. The molecule has 166 valence electrons. The largest absolute Gasteiger partial charge is 0.452 e. The number of halogens is 2. The number of rotatable bonds is 7. The second-order valence-corrected chi connectivity index (χ2v) is 8.43. The van der Waals surface area contributed by atoms with E-state index in [1.54, 1.807) is 24.3 Å². The summed E-state index contributed by atoms with van der Waals surface area (Å²) in [5, 5.41) is 2.15. The minimum Gasteiger partial charge on any atom is -0.452 e. The maximum atomic E-state index is 13.5. The van der Waals surface area contributed by atoms with Crippen LogP contribution in [0, 0.1) is 18.6 Å². The summed E-state index contributed by atoms with van der Waals surface area (Å²) in [7, 11) is -3.86. The lowest BCUT2D eigenvalue weighted by Crippen LogP contribution is -2.21. The van der Waals surface area contributed by atoms with Crippen molar-refractivity contribution < 1.29 is 31.5 Å². The van der Waals surface area contributed by atoms with Gasteiger partial charge in [-0.15, -0.1) is 0 Å². The van der Waals surface area contributed by atoms with E-state index in [2.05, 4.69) is 10.0 Å². The fourth-order valence-corrected chi connectivity index (χ4v) is 3.66. The van der Waals surface area contributed by atoms with E-state index >= 15 is 0 Å². The lowest BCUT2D eigenvalue weighted by molar-refractivity contribution is -0.119. The third kappa shape index (κ3) is 5.88. The van der Waals surface area contributed by atoms with Crippen LogP contribution in [0.25, 0.3) is 0 Å². The van der Waals surface area contributed by atoms with E-state index in [0.29, 0.717) is 11.8 Å². The van der Waals surface area contributed by atoms with Crippen molar-refractivity contribution in [1.82, 2.24) is 0 Å². The topological polar surface area (TPSA) is 102 Å². The molecule has 3 rings (SSSR count). The van der Waals surface area contributed by atoms with Gasteiger partial charge in [-0.2, -0.15) is 0 Å². The predicted molar refractivity (Wildman–Crippen MR) is 114 cm³/mol. The van der Waals surface area contributed by atoms with E-state index in [9.17, 15) is 26.8 Å². The molecule has 0 saturated carbocycles. The van der Waals surface area contributed by atoms with Crippen LogP contribution in [0.1, 0.15) is 15.9 Å².